The van der Waals surface area contributed by atoms with Gasteiger partial charge in [0.1, 0.15) is 0 Å². The van der Waals surface area contributed by atoms with Crippen LogP contribution in [0.3, 0.4) is 0 Å². The van der Waals surface area contributed by atoms with Gasteiger partial charge in [0, 0.05) is 38.3 Å². The van der Waals surface area contributed by atoms with Crippen molar-refractivity contribution >= 4 is 5.91 Å². The fourth-order valence-corrected chi connectivity index (χ4v) is 4.22. The molecule has 0 unspecified atom stereocenters. The first kappa shape index (κ1) is 23.2. The normalized spacial score (nSPS) is 14.4. The Morgan fingerprint density at radius 3 is 2.45 bits per heavy atom. The van der Waals surface area contributed by atoms with Crippen LogP contribution in [0, 0.1) is 0 Å². The number of nitrogens with zero attached hydrogens (tertiary/aromatic N) is 2. The zero-order valence-corrected chi connectivity index (χ0v) is 19.6. The van der Waals surface area contributed by atoms with Crippen molar-refractivity contribution in [2.75, 3.05) is 40.4 Å². The van der Waals surface area contributed by atoms with Crippen LogP contribution in [0.4, 0.5) is 0 Å². The number of carbonyl (C=O) groups excluding carboxylic acids is 1. The number of morpholine rings is 1. The van der Waals surface area contributed by atoms with E-state index in [1.807, 2.05) is 30.3 Å². The van der Waals surface area contributed by atoms with Gasteiger partial charge in [0.15, 0.2) is 0 Å². The number of nitrogens with one attached hydrogen (secondary N) is 1. The molecule has 0 bridgehead atoms. The molecule has 5 heteroatoms. The summed E-state index contributed by atoms with van der Waals surface area (Å²) in [5.74, 6) is -0.0463. The molecule has 0 aliphatic carbocycles. The van der Waals surface area contributed by atoms with Gasteiger partial charge < -0.3 is 15.0 Å². The molecule has 5 nitrogen and oxygen atoms in total. The average Bonchev–Trinajstić information content (AvgIpc) is 2.84. The van der Waals surface area contributed by atoms with E-state index in [9.17, 15) is 4.79 Å². The number of rotatable bonds is 8. The van der Waals surface area contributed by atoms with Crippen LogP contribution in [0.25, 0.3) is 11.1 Å². The topological polar surface area (TPSA) is 44.8 Å². The van der Waals surface area contributed by atoms with E-state index < -0.39 is 0 Å². The maximum Gasteiger partial charge on any atom is 0.251 e. The third-order valence-electron chi connectivity index (χ3n) is 5.92. The largest absolute Gasteiger partial charge is 0.379 e. The molecule has 1 aliphatic heterocycles. The maximum atomic E-state index is 12.9. The quantitative estimate of drug-likeness (QED) is 0.567. The number of hydrogen-bond donors (Lipinski definition) is 1. The van der Waals surface area contributed by atoms with Crippen molar-refractivity contribution in [1.82, 2.24) is 15.1 Å². The zero-order chi connectivity index (χ0) is 23.0. The summed E-state index contributed by atoms with van der Waals surface area (Å²) in [5, 5.41) is 3.11. The molecule has 3 aromatic carbocycles. The lowest BCUT2D eigenvalue weighted by Gasteiger charge is -2.26. The van der Waals surface area contributed by atoms with Crippen LogP contribution in [0.15, 0.2) is 72.8 Å². The van der Waals surface area contributed by atoms with Crippen molar-refractivity contribution in [3.63, 3.8) is 0 Å². The number of benzene rings is 3. The molecule has 0 radical (unpaired) electrons. The minimum absolute atomic E-state index is 0.0463. The summed E-state index contributed by atoms with van der Waals surface area (Å²) < 4.78 is 5.43. The standard InChI is InChI=1S/C28H33N3O2/c1-30(2)20-22-10-12-24(13-11-22)27-9-4-3-7-26(27)19-29-28(32)25-8-5-6-23(18-25)21-31-14-16-33-17-15-31/h3-13,18H,14-17,19-21H2,1-2H3,(H,29,32). The van der Waals surface area contributed by atoms with E-state index in [0.717, 1.165) is 61.6 Å². The summed E-state index contributed by atoms with van der Waals surface area (Å²) in [4.78, 5) is 17.4. The Hall–Kier alpha value is -2.99. The van der Waals surface area contributed by atoms with E-state index >= 15 is 0 Å². The first-order chi connectivity index (χ1) is 16.1. The Kier molecular flexibility index (Phi) is 7.89. The molecule has 172 valence electrons. The van der Waals surface area contributed by atoms with E-state index in [4.69, 9.17) is 4.74 Å². The molecule has 33 heavy (non-hydrogen) atoms. The van der Waals surface area contributed by atoms with Gasteiger partial charge in [-0.15, -0.1) is 0 Å². The van der Waals surface area contributed by atoms with Crippen LogP contribution in [0.2, 0.25) is 0 Å². The molecular formula is C28H33N3O2. The molecule has 4 rings (SSSR count). The van der Waals surface area contributed by atoms with Crippen molar-refractivity contribution in [3.05, 3.63) is 95.1 Å². The first-order valence-electron chi connectivity index (χ1n) is 11.6. The van der Waals surface area contributed by atoms with Gasteiger partial charge in [0.05, 0.1) is 13.2 Å². The molecule has 1 fully saturated rings. The molecule has 0 aromatic heterocycles. The number of amides is 1. The van der Waals surface area contributed by atoms with Gasteiger partial charge in [-0.1, -0.05) is 60.7 Å². The fourth-order valence-electron chi connectivity index (χ4n) is 4.22. The fraction of sp³-hybridized carbons (Fsp3) is 0.321. The Bertz CT molecular complexity index is 1060. The SMILES string of the molecule is CN(C)Cc1ccc(-c2ccccc2CNC(=O)c2cccc(CN3CCOCC3)c2)cc1. The number of hydrogen-bond acceptors (Lipinski definition) is 4. The van der Waals surface area contributed by atoms with Gasteiger partial charge in [0.25, 0.3) is 5.91 Å². The van der Waals surface area contributed by atoms with Crippen molar-refractivity contribution in [3.8, 4) is 11.1 Å². The van der Waals surface area contributed by atoms with Gasteiger partial charge in [-0.2, -0.15) is 0 Å². The molecule has 0 spiro atoms. The van der Waals surface area contributed by atoms with E-state index in [-0.39, 0.29) is 5.91 Å². The highest BCUT2D eigenvalue weighted by molar-refractivity contribution is 5.94. The van der Waals surface area contributed by atoms with Crippen LogP contribution in [0.1, 0.15) is 27.0 Å². The van der Waals surface area contributed by atoms with E-state index in [1.165, 1.54) is 5.56 Å². The molecule has 1 aliphatic rings. The van der Waals surface area contributed by atoms with Crippen LogP contribution >= 0.6 is 0 Å². The molecule has 0 saturated carbocycles. The second kappa shape index (κ2) is 11.2. The second-order valence-electron chi connectivity index (χ2n) is 8.86. The number of ether oxygens (including phenoxy) is 1. The summed E-state index contributed by atoms with van der Waals surface area (Å²) in [6.07, 6.45) is 0. The summed E-state index contributed by atoms with van der Waals surface area (Å²) in [5.41, 5.74) is 6.56. The summed E-state index contributed by atoms with van der Waals surface area (Å²) in [7, 11) is 4.15. The molecule has 1 heterocycles. The molecular weight excluding hydrogens is 410 g/mol. The van der Waals surface area contributed by atoms with Gasteiger partial charge in [-0.25, -0.2) is 0 Å². The lowest BCUT2D eigenvalue weighted by Crippen LogP contribution is -2.35. The van der Waals surface area contributed by atoms with Crippen LogP contribution in [-0.2, 0) is 24.4 Å². The Balaban J connectivity index is 1.41. The van der Waals surface area contributed by atoms with Gasteiger partial charge in [-0.05, 0) is 54.0 Å². The van der Waals surface area contributed by atoms with Crippen LogP contribution in [-0.4, -0.2) is 56.1 Å². The molecule has 1 saturated heterocycles. The first-order valence-corrected chi connectivity index (χ1v) is 11.6. The van der Waals surface area contributed by atoms with E-state index in [1.54, 1.807) is 0 Å². The van der Waals surface area contributed by atoms with Gasteiger partial charge >= 0.3 is 0 Å². The van der Waals surface area contributed by atoms with Crippen molar-refractivity contribution in [1.29, 1.82) is 0 Å². The van der Waals surface area contributed by atoms with E-state index in [2.05, 4.69) is 71.7 Å². The Morgan fingerprint density at radius 2 is 1.70 bits per heavy atom. The van der Waals surface area contributed by atoms with Gasteiger partial charge in [0.2, 0.25) is 0 Å². The highest BCUT2D eigenvalue weighted by Crippen LogP contribution is 2.24. The summed E-state index contributed by atoms with van der Waals surface area (Å²) in [6.45, 7) is 5.67. The zero-order valence-electron chi connectivity index (χ0n) is 19.6. The third-order valence-corrected chi connectivity index (χ3v) is 5.92. The lowest BCUT2D eigenvalue weighted by atomic mass is 9.98. The minimum atomic E-state index is -0.0463. The minimum Gasteiger partial charge on any atom is -0.379 e. The smallest absolute Gasteiger partial charge is 0.251 e. The summed E-state index contributed by atoms with van der Waals surface area (Å²) in [6, 6.07) is 24.9. The predicted molar refractivity (Wildman–Crippen MR) is 133 cm³/mol. The number of carbonyl (C=O) groups is 1. The third kappa shape index (κ3) is 6.51. The average molecular weight is 444 g/mol. The van der Waals surface area contributed by atoms with Crippen LogP contribution in [0.5, 0.6) is 0 Å². The molecule has 3 aromatic rings. The predicted octanol–water partition coefficient (Wildman–Crippen LogP) is 4.18. The van der Waals surface area contributed by atoms with Crippen molar-refractivity contribution in [2.24, 2.45) is 0 Å². The van der Waals surface area contributed by atoms with Crippen LogP contribution < -0.4 is 5.32 Å². The molecule has 0 atom stereocenters. The van der Waals surface area contributed by atoms with Crippen molar-refractivity contribution in [2.45, 2.75) is 19.6 Å². The second-order valence-corrected chi connectivity index (χ2v) is 8.86. The Morgan fingerprint density at radius 1 is 0.939 bits per heavy atom. The Labute approximate surface area is 197 Å². The lowest BCUT2D eigenvalue weighted by molar-refractivity contribution is 0.0342. The van der Waals surface area contributed by atoms with Gasteiger partial charge in [-0.3, -0.25) is 9.69 Å². The highest BCUT2D eigenvalue weighted by Gasteiger charge is 2.13. The maximum absolute atomic E-state index is 12.9. The highest BCUT2D eigenvalue weighted by atomic mass is 16.5. The molecule has 1 N–H and O–H groups in total. The van der Waals surface area contributed by atoms with E-state index in [0.29, 0.717) is 12.1 Å². The molecule has 1 amide bonds. The monoisotopic (exact) mass is 443 g/mol. The van der Waals surface area contributed by atoms with Crippen molar-refractivity contribution < 1.29 is 9.53 Å². The summed E-state index contributed by atoms with van der Waals surface area (Å²) >= 11 is 0.